The number of para-hydroxylation sites is 1. The van der Waals surface area contributed by atoms with E-state index in [1.165, 1.54) is 11.3 Å². The topological polar surface area (TPSA) is 81.9 Å². The molecule has 1 aromatic heterocycles. The fourth-order valence-electron chi connectivity index (χ4n) is 4.69. The lowest BCUT2D eigenvalue weighted by molar-refractivity contribution is -0.113. The summed E-state index contributed by atoms with van der Waals surface area (Å²) in [6.45, 7) is 6.69. The van der Waals surface area contributed by atoms with Crippen LogP contribution in [-0.4, -0.2) is 23.7 Å². The summed E-state index contributed by atoms with van der Waals surface area (Å²) in [7, 11) is 0. The molecule has 0 radical (unpaired) electrons. The fourth-order valence-corrected chi connectivity index (χ4v) is 7.43. The van der Waals surface area contributed by atoms with E-state index in [9.17, 15) is 9.59 Å². The minimum atomic E-state index is -0.679. The number of benzene rings is 3. The molecule has 41 heavy (non-hydrogen) atoms. The molecule has 0 aliphatic carbocycles. The van der Waals surface area contributed by atoms with Gasteiger partial charge >= 0.3 is 0 Å². The molecule has 0 saturated carbocycles. The van der Waals surface area contributed by atoms with Crippen LogP contribution in [0.4, 0.5) is 5.69 Å². The number of amides is 1. The van der Waals surface area contributed by atoms with Gasteiger partial charge in [0.25, 0.3) is 11.5 Å². The lowest BCUT2D eigenvalue weighted by Gasteiger charge is -2.25. The SMILES string of the molecule is CCOc1ccc([C@@H]2C(C(=O)Nc3ccccc3)=C(C)N=c3s/c(=C\c4cc(Br)cc(I)c4OCC)c(=O)n32)cc1. The Labute approximate surface area is 263 Å². The maximum absolute atomic E-state index is 14.1. The molecular formula is C31H27BrIN3O4S. The predicted octanol–water partition coefficient (Wildman–Crippen LogP) is 6.04. The van der Waals surface area contributed by atoms with Gasteiger partial charge in [-0.2, -0.15) is 0 Å². The molecule has 0 saturated heterocycles. The highest BCUT2D eigenvalue weighted by Crippen LogP contribution is 2.33. The van der Waals surface area contributed by atoms with Crippen molar-refractivity contribution < 1.29 is 14.3 Å². The van der Waals surface area contributed by atoms with Gasteiger partial charge in [0.1, 0.15) is 11.5 Å². The van der Waals surface area contributed by atoms with E-state index >= 15 is 0 Å². The van der Waals surface area contributed by atoms with E-state index in [0.717, 1.165) is 19.2 Å². The van der Waals surface area contributed by atoms with Gasteiger partial charge in [0.15, 0.2) is 4.80 Å². The first-order valence-corrected chi connectivity index (χ1v) is 15.7. The molecule has 210 valence electrons. The van der Waals surface area contributed by atoms with Gasteiger partial charge in [-0.05, 0) is 91.4 Å². The highest BCUT2D eigenvalue weighted by atomic mass is 127. The Morgan fingerprint density at radius 2 is 1.80 bits per heavy atom. The second-order valence-corrected chi connectivity index (χ2v) is 12.2. The van der Waals surface area contributed by atoms with Crippen molar-refractivity contribution >= 4 is 67.5 Å². The lowest BCUT2D eigenvalue weighted by Crippen LogP contribution is -2.40. The largest absolute Gasteiger partial charge is 0.494 e. The van der Waals surface area contributed by atoms with Crippen LogP contribution in [-0.2, 0) is 4.79 Å². The van der Waals surface area contributed by atoms with Gasteiger partial charge in [-0.1, -0.05) is 57.6 Å². The van der Waals surface area contributed by atoms with Gasteiger partial charge in [0, 0.05) is 15.7 Å². The van der Waals surface area contributed by atoms with Crippen LogP contribution in [0.1, 0.15) is 37.9 Å². The van der Waals surface area contributed by atoms with Gasteiger partial charge in [-0.15, -0.1) is 0 Å². The first kappa shape index (κ1) is 29.3. The van der Waals surface area contributed by atoms with Crippen LogP contribution in [0.25, 0.3) is 6.08 Å². The van der Waals surface area contributed by atoms with E-state index < -0.39 is 6.04 Å². The summed E-state index contributed by atoms with van der Waals surface area (Å²) in [5.74, 6) is 1.11. The van der Waals surface area contributed by atoms with Crippen molar-refractivity contribution in [2.45, 2.75) is 26.8 Å². The monoisotopic (exact) mass is 743 g/mol. The van der Waals surface area contributed by atoms with Crippen LogP contribution in [0, 0.1) is 3.57 Å². The Morgan fingerprint density at radius 3 is 2.49 bits per heavy atom. The van der Waals surface area contributed by atoms with Gasteiger partial charge in [-0.25, -0.2) is 4.99 Å². The van der Waals surface area contributed by atoms with Crippen molar-refractivity contribution in [3.63, 3.8) is 0 Å². The van der Waals surface area contributed by atoms with Crippen LogP contribution >= 0.6 is 49.9 Å². The van der Waals surface area contributed by atoms with E-state index in [-0.39, 0.29) is 11.5 Å². The normalized spacial score (nSPS) is 14.9. The number of rotatable bonds is 8. The molecule has 0 bridgehead atoms. The van der Waals surface area contributed by atoms with Gasteiger partial charge < -0.3 is 14.8 Å². The molecule has 4 aromatic rings. The molecule has 1 atom stereocenters. The Balaban J connectivity index is 1.68. The molecule has 0 unspecified atom stereocenters. The Kier molecular flexibility index (Phi) is 9.10. The molecule has 0 spiro atoms. The zero-order valence-electron chi connectivity index (χ0n) is 22.6. The molecular weight excluding hydrogens is 717 g/mol. The van der Waals surface area contributed by atoms with Gasteiger partial charge in [0.05, 0.1) is 38.6 Å². The Hall–Kier alpha value is -3.22. The number of fused-ring (bicyclic) bond motifs is 1. The number of carbonyl (C=O) groups excluding carboxylic acids is 1. The molecule has 7 nitrogen and oxygen atoms in total. The van der Waals surface area contributed by atoms with E-state index in [1.807, 2.05) is 93.6 Å². The highest BCUT2D eigenvalue weighted by molar-refractivity contribution is 14.1. The average Bonchev–Trinajstić information content (AvgIpc) is 3.25. The second kappa shape index (κ2) is 12.7. The van der Waals surface area contributed by atoms with Gasteiger partial charge in [0.2, 0.25) is 0 Å². The molecule has 1 amide bonds. The number of halogens is 2. The van der Waals surface area contributed by atoms with Crippen molar-refractivity contribution in [2.75, 3.05) is 18.5 Å². The molecule has 1 aliphatic rings. The number of hydrogen-bond donors (Lipinski definition) is 1. The second-order valence-electron chi connectivity index (χ2n) is 9.14. The average molecular weight is 744 g/mol. The van der Waals surface area contributed by atoms with Crippen molar-refractivity contribution in [3.8, 4) is 11.5 Å². The quantitative estimate of drug-likeness (QED) is 0.224. The van der Waals surface area contributed by atoms with Crippen molar-refractivity contribution in [1.29, 1.82) is 0 Å². The summed E-state index contributed by atoms with van der Waals surface area (Å²) in [4.78, 5) is 33.1. The number of carbonyl (C=O) groups is 1. The smallest absolute Gasteiger partial charge is 0.271 e. The maximum atomic E-state index is 14.1. The summed E-state index contributed by atoms with van der Waals surface area (Å²) < 4.78 is 15.5. The summed E-state index contributed by atoms with van der Waals surface area (Å²) >= 11 is 7.08. The number of ether oxygens (including phenoxy) is 2. The summed E-state index contributed by atoms with van der Waals surface area (Å²) in [6.07, 6.45) is 1.83. The molecule has 0 fully saturated rings. The lowest BCUT2D eigenvalue weighted by atomic mass is 9.95. The maximum Gasteiger partial charge on any atom is 0.271 e. The molecule has 2 heterocycles. The van der Waals surface area contributed by atoms with E-state index in [0.29, 0.717) is 51.0 Å². The minimum absolute atomic E-state index is 0.234. The van der Waals surface area contributed by atoms with E-state index in [1.54, 1.807) is 4.57 Å². The summed E-state index contributed by atoms with van der Waals surface area (Å²) in [6, 6.07) is 20.0. The fraction of sp³-hybridized carbons (Fsp3) is 0.194. The molecule has 1 aliphatic heterocycles. The number of aromatic nitrogens is 1. The Bertz CT molecular complexity index is 1820. The summed E-state index contributed by atoms with van der Waals surface area (Å²) in [5, 5.41) is 2.98. The van der Waals surface area contributed by atoms with Crippen LogP contribution in [0.15, 0.2) is 92.3 Å². The first-order valence-electron chi connectivity index (χ1n) is 13.0. The zero-order valence-corrected chi connectivity index (χ0v) is 27.2. The van der Waals surface area contributed by atoms with E-state index in [2.05, 4.69) is 43.8 Å². The van der Waals surface area contributed by atoms with Crippen LogP contribution in [0.5, 0.6) is 11.5 Å². The van der Waals surface area contributed by atoms with Gasteiger partial charge in [-0.3, -0.25) is 14.2 Å². The van der Waals surface area contributed by atoms with Crippen molar-refractivity contribution in [3.05, 3.63) is 117 Å². The molecule has 1 N–H and O–H groups in total. The number of allylic oxidation sites excluding steroid dienone is 1. The Morgan fingerprint density at radius 1 is 1.10 bits per heavy atom. The standard InChI is InChI=1S/C31H27BrIN3O4S/c1-4-39-23-13-11-19(12-14-23)27-26(29(37)35-22-9-7-6-8-10-22)18(3)34-31-36(27)30(38)25(41-31)16-20-15-21(32)17-24(33)28(20)40-5-2/h6-17,27H,4-5H2,1-3H3,(H,35,37)/b25-16-/t27-/m1/s1. The van der Waals surface area contributed by atoms with Crippen molar-refractivity contribution in [1.82, 2.24) is 4.57 Å². The van der Waals surface area contributed by atoms with Crippen LogP contribution < -0.4 is 29.7 Å². The molecule has 3 aromatic carbocycles. The number of nitrogens with one attached hydrogen (secondary N) is 1. The first-order chi connectivity index (χ1) is 19.8. The molecule has 5 rings (SSSR count). The third-order valence-electron chi connectivity index (χ3n) is 6.42. The minimum Gasteiger partial charge on any atom is -0.494 e. The number of nitrogens with zero attached hydrogens (tertiary/aromatic N) is 2. The number of thiazole rings is 1. The summed E-state index contributed by atoms with van der Waals surface area (Å²) in [5.41, 5.74) is 2.95. The van der Waals surface area contributed by atoms with Crippen LogP contribution in [0.2, 0.25) is 0 Å². The third-order valence-corrected chi connectivity index (χ3v) is 8.66. The molecule has 10 heteroatoms. The predicted molar refractivity (Wildman–Crippen MR) is 174 cm³/mol. The highest BCUT2D eigenvalue weighted by Gasteiger charge is 2.32. The number of anilines is 1. The number of hydrogen-bond acceptors (Lipinski definition) is 6. The third kappa shape index (κ3) is 6.19. The van der Waals surface area contributed by atoms with Crippen LogP contribution in [0.3, 0.4) is 0 Å². The van der Waals surface area contributed by atoms with E-state index in [4.69, 9.17) is 14.5 Å². The van der Waals surface area contributed by atoms with Crippen molar-refractivity contribution in [2.24, 2.45) is 4.99 Å². The zero-order chi connectivity index (χ0) is 29.1.